The number of nitrogens with one attached hydrogen (secondary N) is 1. The van der Waals surface area contributed by atoms with Gasteiger partial charge in [0, 0.05) is 6.20 Å². The normalized spacial score (nSPS) is 9.56. The molecule has 0 fully saturated rings. The Bertz CT molecular complexity index is 268. The molecule has 0 unspecified atom stereocenters. The van der Waals surface area contributed by atoms with Crippen molar-refractivity contribution in [2.75, 3.05) is 0 Å². The van der Waals surface area contributed by atoms with Crippen molar-refractivity contribution in [3.8, 4) is 0 Å². The summed E-state index contributed by atoms with van der Waals surface area (Å²) in [5.74, 6) is 0. The van der Waals surface area contributed by atoms with Crippen LogP contribution in [-0.2, 0) is 0 Å². The van der Waals surface area contributed by atoms with Crippen molar-refractivity contribution in [2.45, 2.75) is 4.90 Å². The number of rotatable bonds is 0. The molecule has 1 heterocycles. The van der Waals surface area contributed by atoms with Crippen LogP contribution in [0.25, 0.3) is 0 Å². The van der Waals surface area contributed by atoms with Crippen LogP contribution in [0.4, 0.5) is 0 Å². The lowest BCUT2D eigenvalue weighted by Gasteiger charge is -1.93. The minimum Gasteiger partial charge on any atom is -0.355 e. The second kappa shape index (κ2) is 2.86. The lowest BCUT2D eigenvalue weighted by Crippen LogP contribution is -1.75. The zero-order chi connectivity index (χ0) is 6.85. The quantitative estimate of drug-likeness (QED) is 0.392. The fourth-order valence-corrected chi connectivity index (χ4v) is 1.23. The molecule has 0 bridgehead atoms. The van der Waals surface area contributed by atoms with Crippen LogP contribution in [0.5, 0.6) is 0 Å². The second-order valence-electron chi connectivity index (χ2n) is 1.50. The van der Waals surface area contributed by atoms with Crippen LogP contribution >= 0.6 is 40.8 Å². The number of aromatic amines is 1. The van der Waals surface area contributed by atoms with Crippen molar-refractivity contribution in [1.82, 2.24) is 4.98 Å². The highest BCUT2D eigenvalue weighted by molar-refractivity contribution is 9.10. The van der Waals surface area contributed by atoms with E-state index in [1.54, 1.807) is 12.3 Å². The van der Waals surface area contributed by atoms with Crippen molar-refractivity contribution < 1.29 is 0 Å². The molecule has 0 atom stereocenters. The predicted octanol–water partition coefficient (Wildman–Crippen LogP) is 2.80. The van der Waals surface area contributed by atoms with Crippen LogP contribution in [0.3, 0.4) is 0 Å². The first-order chi connectivity index (χ1) is 4.22. The topological polar surface area (TPSA) is 15.8 Å². The van der Waals surface area contributed by atoms with E-state index in [1.165, 1.54) is 0 Å². The highest BCUT2D eigenvalue weighted by Gasteiger charge is 1.92. The van der Waals surface area contributed by atoms with E-state index < -0.39 is 0 Å². The standard InChI is InChI=1S/C5H4BrNS2/c6-5-4(9)3(8)1-2-7-5/h1-2,9H,(H,7,8). The highest BCUT2D eigenvalue weighted by Crippen LogP contribution is 2.17. The van der Waals surface area contributed by atoms with Gasteiger partial charge >= 0.3 is 0 Å². The van der Waals surface area contributed by atoms with Gasteiger partial charge in [-0.25, -0.2) is 0 Å². The number of halogens is 1. The van der Waals surface area contributed by atoms with Gasteiger partial charge in [-0.15, -0.1) is 12.6 Å². The molecule has 0 aliphatic carbocycles. The summed E-state index contributed by atoms with van der Waals surface area (Å²) in [6.45, 7) is 0. The number of aromatic nitrogens is 1. The summed E-state index contributed by atoms with van der Waals surface area (Å²) >= 11 is 12.3. The van der Waals surface area contributed by atoms with Gasteiger partial charge in [0.25, 0.3) is 0 Å². The molecule has 0 aliphatic heterocycles. The fraction of sp³-hybridized carbons (Fsp3) is 0. The van der Waals surface area contributed by atoms with Gasteiger partial charge in [0.15, 0.2) is 0 Å². The number of H-pyrrole nitrogens is 1. The molecular formula is C5H4BrNS2. The fourth-order valence-electron chi connectivity index (χ4n) is 0.446. The van der Waals surface area contributed by atoms with Gasteiger partial charge in [0.1, 0.15) is 0 Å². The Morgan fingerprint density at radius 2 is 2.33 bits per heavy atom. The van der Waals surface area contributed by atoms with Gasteiger partial charge in [-0.05, 0) is 22.0 Å². The van der Waals surface area contributed by atoms with Gasteiger partial charge in [-0.2, -0.15) is 0 Å². The lowest BCUT2D eigenvalue weighted by molar-refractivity contribution is 1.17. The van der Waals surface area contributed by atoms with Crippen molar-refractivity contribution >= 4 is 40.8 Å². The van der Waals surface area contributed by atoms with E-state index in [9.17, 15) is 0 Å². The smallest absolute Gasteiger partial charge is 0.0969 e. The van der Waals surface area contributed by atoms with E-state index in [1.807, 2.05) is 0 Å². The van der Waals surface area contributed by atoms with Crippen LogP contribution in [0.15, 0.2) is 21.8 Å². The van der Waals surface area contributed by atoms with Gasteiger partial charge < -0.3 is 4.98 Å². The molecule has 0 aliphatic rings. The summed E-state index contributed by atoms with van der Waals surface area (Å²) in [7, 11) is 0. The minimum atomic E-state index is 0.754. The maximum absolute atomic E-state index is 4.91. The lowest BCUT2D eigenvalue weighted by atomic mass is 10.5. The molecule has 1 nitrogen and oxygen atoms in total. The third kappa shape index (κ3) is 1.56. The van der Waals surface area contributed by atoms with Gasteiger partial charge in [0.05, 0.1) is 14.0 Å². The Labute approximate surface area is 72.0 Å². The molecule has 4 heteroatoms. The third-order valence-electron chi connectivity index (χ3n) is 0.886. The average Bonchev–Trinajstić information content (AvgIpc) is 1.83. The van der Waals surface area contributed by atoms with E-state index in [0.29, 0.717) is 0 Å². The Morgan fingerprint density at radius 3 is 2.78 bits per heavy atom. The molecular weight excluding hydrogens is 218 g/mol. The van der Waals surface area contributed by atoms with Gasteiger partial charge in [0.2, 0.25) is 0 Å². The zero-order valence-electron chi connectivity index (χ0n) is 4.39. The van der Waals surface area contributed by atoms with Crippen LogP contribution in [0.2, 0.25) is 0 Å². The molecule has 1 aromatic rings. The first-order valence-corrected chi connectivity index (χ1v) is 3.93. The summed E-state index contributed by atoms with van der Waals surface area (Å²) in [6, 6.07) is 1.79. The summed E-state index contributed by atoms with van der Waals surface area (Å²) < 4.78 is 1.59. The van der Waals surface area contributed by atoms with Crippen LogP contribution in [0.1, 0.15) is 0 Å². The summed E-state index contributed by atoms with van der Waals surface area (Å²) in [4.78, 5) is 3.70. The summed E-state index contributed by atoms with van der Waals surface area (Å²) in [5, 5.41) is 0. The highest BCUT2D eigenvalue weighted by atomic mass is 79.9. The van der Waals surface area contributed by atoms with Crippen molar-refractivity contribution in [1.29, 1.82) is 0 Å². The van der Waals surface area contributed by atoms with Gasteiger partial charge in [-0.1, -0.05) is 12.2 Å². The minimum absolute atomic E-state index is 0.754. The predicted molar refractivity (Wildman–Crippen MR) is 46.6 cm³/mol. The SMILES string of the molecule is S=c1cc[nH]c(Br)c1S. The molecule has 0 saturated heterocycles. The van der Waals surface area contributed by atoms with Crippen molar-refractivity contribution in [3.63, 3.8) is 0 Å². The Hall–Kier alpha value is 0.200. The van der Waals surface area contributed by atoms with E-state index >= 15 is 0 Å². The Morgan fingerprint density at radius 1 is 1.67 bits per heavy atom. The molecule has 48 valence electrons. The molecule has 0 spiro atoms. The summed E-state index contributed by atoms with van der Waals surface area (Å²) in [6.07, 6.45) is 1.77. The maximum atomic E-state index is 4.91. The molecule has 0 radical (unpaired) electrons. The first kappa shape index (κ1) is 7.31. The largest absolute Gasteiger partial charge is 0.355 e. The molecule has 0 amide bonds. The van der Waals surface area contributed by atoms with E-state index in [0.717, 1.165) is 14.0 Å². The molecule has 1 aromatic heterocycles. The monoisotopic (exact) mass is 221 g/mol. The van der Waals surface area contributed by atoms with Crippen LogP contribution in [-0.4, -0.2) is 4.98 Å². The van der Waals surface area contributed by atoms with Crippen LogP contribution in [0, 0.1) is 4.51 Å². The molecule has 1 N–H and O–H groups in total. The van der Waals surface area contributed by atoms with E-state index in [-0.39, 0.29) is 0 Å². The number of hydrogen-bond acceptors (Lipinski definition) is 2. The maximum Gasteiger partial charge on any atom is 0.0969 e. The van der Waals surface area contributed by atoms with Crippen LogP contribution < -0.4 is 0 Å². The van der Waals surface area contributed by atoms with E-state index in [4.69, 9.17) is 12.2 Å². The number of hydrogen-bond donors (Lipinski definition) is 2. The Balaban J connectivity index is 3.43. The summed E-state index contributed by atoms with van der Waals surface area (Å²) in [5.41, 5.74) is 0. The third-order valence-corrected chi connectivity index (χ3v) is 2.77. The number of pyridine rings is 1. The molecule has 0 saturated carbocycles. The molecule has 0 aromatic carbocycles. The van der Waals surface area contributed by atoms with Gasteiger partial charge in [-0.3, -0.25) is 0 Å². The zero-order valence-corrected chi connectivity index (χ0v) is 7.69. The van der Waals surface area contributed by atoms with E-state index in [2.05, 4.69) is 33.5 Å². The molecule has 1 rings (SSSR count). The van der Waals surface area contributed by atoms with Crippen molar-refractivity contribution in [3.05, 3.63) is 21.4 Å². The molecule has 9 heavy (non-hydrogen) atoms. The average molecular weight is 222 g/mol. The first-order valence-electron chi connectivity index (χ1n) is 2.28. The Kier molecular flexibility index (Phi) is 2.32. The number of thiol groups is 1. The second-order valence-corrected chi connectivity index (χ2v) is 3.18. The van der Waals surface area contributed by atoms with Crippen molar-refractivity contribution in [2.24, 2.45) is 0 Å².